The van der Waals surface area contributed by atoms with Crippen LogP contribution in [0.3, 0.4) is 0 Å². The van der Waals surface area contributed by atoms with Crippen LogP contribution in [0.4, 0.5) is 0 Å². The second kappa shape index (κ2) is 9.45. The van der Waals surface area contributed by atoms with Gasteiger partial charge in [-0.1, -0.05) is 31.5 Å². The van der Waals surface area contributed by atoms with Gasteiger partial charge in [-0.3, -0.25) is 0 Å². The first kappa shape index (κ1) is 20.6. The molecule has 4 rings (SSSR count). The average molecular weight is 408 g/mol. The first-order valence-corrected chi connectivity index (χ1v) is 10.6. The minimum Gasteiger partial charge on any atom is -0.489 e. The SMILES string of the molecule is CCCc1cc(=O)oc2cc(OCc3cccc(C4CC(OC)CCO4)c3)ccc12. The van der Waals surface area contributed by atoms with Crippen LogP contribution in [-0.2, 0) is 22.5 Å². The number of hydrogen-bond donors (Lipinski definition) is 0. The van der Waals surface area contributed by atoms with Crippen molar-refractivity contribution in [2.75, 3.05) is 13.7 Å². The van der Waals surface area contributed by atoms with Crippen molar-refractivity contribution in [3.8, 4) is 5.75 Å². The molecule has 1 aliphatic rings. The third-order valence-electron chi connectivity index (χ3n) is 5.62. The van der Waals surface area contributed by atoms with Crippen LogP contribution < -0.4 is 10.4 Å². The molecule has 3 aromatic rings. The van der Waals surface area contributed by atoms with E-state index in [1.807, 2.05) is 24.3 Å². The van der Waals surface area contributed by atoms with Gasteiger partial charge in [0, 0.05) is 37.7 Å². The van der Waals surface area contributed by atoms with E-state index in [0.29, 0.717) is 24.5 Å². The minimum absolute atomic E-state index is 0.0515. The molecule has 1 aromatic heterocycles. The molecule has 0 bridgehead atoms. The number of rotatable bonds is 7. The molecule has 5 nitrogen and oxygen atoms in total. The van der Waals surface area contributed by atoms with Crippen molar-refractivity contribution in [1.82, 2.24) is 0 Å². The maximum atomic E-state index is 11.9. The van der Waals surface area contributed by atoms with Crippen LogP contribution in [-0.4, -0.2) is 19.8 Å². The minimum atomic E-state index is -0.322. The highest BCUT2D eigenvalue weighted by molar-refractivity contribution is 5.81. The number of fused-ring (bicyclic) bond motifs is 1. The van der Waals surface area contributed by atoms with Crippen molar-refractivity contribution in [3.05, 3.63) is 75.6 Å². The summed E-state index contributed by atoms with van der Waals surface area (Å²) in [7, 11) is 1.76. The Morgan fingerprint density at radius 3 is 2.87 bits per heavy atom. The first-order valence-electron chi connectivity index (χ1n) is 10.6. The molecule has 2 unspecified atom stereocenters. The summed E-state index contributed by atoms with van der Waals surface area (Å²) in [6, 6.07) is 15.6. The van der Waals surface area contributed by atoms with Crippen LogP contribution in [0, 0.1) is 0 Å². The van der Waals surface area contributed by atoms with Crippen LogP contribution in [0.5, 0.6) is 5.75 Å². The summed E-state index contributed by atoms with van der Waals surface area (Å²) in [5, 5.41) is 0.966. The second-order valence-electron chi connectivity index (χ2n) is 7.77. The zero-order valence-corrected chi connectivity index (χ0v) is 17.6. The second-order valence-corrected chi connectivity index (χ2v) is 7.77. The summed E-state index contributed by atoms with van der Waals surface area (Å²) in [6.07, 6.45) is 3.92. The first-order chi connectivity index (χ1) is 14.7. The van der Waals surface area contributed by atoms with E-state index in [1.54, 1.807) is 19.2 Å². The van der Waals surface area contributed by atoms with Gasteiger partial charge in [0.1, 0.15) is 17.9 Å². The molecule has 0 radical (unpaired) electrons. The van der Waals surface area contributed by atoms with Gasteiger partial charge in [-0.25, -0.2) is 4.79 Å². The van der Waals surface area contributed by atoms with Gasteiger partial charge in [-0.05, 0) is 47.7 Å². The summed E-state index contributed by atoms with van der Waals surface area (Å²) in [5.41, 5.74) is 3.48. The Hall–Kier alpha value is -2.63. The summed E-state index contributed by atoms with van der Waals surface area (Å²) < 4.78 is 22.8. The molecule has 2 aromatic carbocycles. The molecular weight excluding hydrogens is 380 g/mol. The molecule has 158 valence electrons. The molecule has 1 aliphatic heterocycles. The highest BCUT2D eigenvalue weighted by atomic mass is 16.5. The molecule has 0 amide bonds. The lowest BCUT2D eigenvalue weighted by molar-refractivity contribution is -0.0599. The molecule has 0 saturated carbocycles. The Morgan fingerprint density at radius 1 is 1.13 bits per heavy atom. The van der Waals surface area contributed by atoms with E-state index in [2.05, 4.69) is 19.1 Å². The van der Waals surface area contributed by atoms with Gasteiger partial charge in [0.2, 0.25) is 0 Å². The van der Waals surface area contributed by atoms with Crippen molar-refractivity contribution >= 4 is 11.0 Å². The molecule has 1 saturated heterocycles. The number of ether oxygens (including phenoxy) is 3. The van der Waals surface area contributed by atoms with E-state index < -0.39 is 0 Å². The normalized spacial score (nSPS) is 19.1. The average Bonchev–Trinajstić information content (AvgIpc) is 2.78. The number of benzene rings is 2. The lowest BCUT2D eigenvalue weighted by Crippen LogP contribution is -2.25. The van der Waals surface area contributed by atoms with Gasteiger partial charge in [-0.15, -0.1) is 0 Å². The molecule has 1 fully saturated rings. The zero-order valence-electron chi connectivity index (χ0n) is 17.6. The van der Waals surface area contributed by atoms with Crippen molar-refractivity contribution in [2.45, 2.75) is 51.4 Å². The fraction of sp³-hybridized carbons (Fsp3) is 0.400. The summed E-state index contributed by atoms with van der Waals surface area (Å²) in [5.74, 6) is 0.679. The number of aryl methyl sites for hydroxylation is 1. The van der Waals surface area contributed by atoms with E-state index in [-0.39, 0.29) is 17.8 Å². The van der Waals surface area contributed by atoms with E-state index >= 15 is 0 Å². The largest absolute Gasteiger partial charge is 0.489 e. The predicted octanol–water partition coefficient (Wildman–Crippen LogP) is 5.19. The van der Waals surface area contributed by atoms with Crippen LogP contribution in [0.15, 0.2) is 57.7 Å². The molecule has 5 heteroatoms. The monoisotopic (exact) mass is 408 g/mol. The third-order valence-corrected chi connectivity index (χ3v) is 5.62. The van der Waals surface area contributed by atoms with Crippen molar-refractivity contribution in [2.24, 2.45) is 0 Å². The quantitative estimate of drug-likeness (QED) is 0.504. The number of methoxy groups -OCH3 is 1. The van der Waals surface area contributed by atoms with E-state index in [0.717, 1.165) is 47.8 Å². The Balaban J connectivity index is 1.48. The lowest BCUT2D eigenvalue weighted by Gasteiger charge is -2.29. The Morgan fingerprint density at radius 2 is 2.03 bits per heavy atom. The van der Waals surface area contributed by atoms with Crippen LogP contribution in [0.1, 0.15) is 49.0 Å². The van der Waals surface area contributed by atoms with Crippen molar-refractivity contribution < 1.29 is 18.6 Å². The summed E-state index contributed by atoms with van der Waals surface area (Å²) in [6.45, 7) is 3.24. The Kier molecular flexibility index (Phi) is 6.50. The van der Waals surface area contributed by atoms with Crippen LogP contribution in [0.25, 0.3) is 11.0 Å². The van der Waals surface area contributed by atoms with Gasteiger partial charge in [0.05, 0.1) is 12.2 Å². The zero-order chi connectivity index (χ0) is 20.9. The van der Waals surface area contributed by atoms with Gasteiger partial charge < -0.3 is 18.6 Å². The molecule has 0 N–H and O–H groups in total. The number of hydrogen-bond acceptors (Lipinski definition) is 5. The summed E-state index contributed by atoms with van der Waals surface area (Å²) in [4.78, 5) is 11.9. The maximum Gasteiger partial charge on any atom is 0.336 e. The Labute approximate surface area is 176 Å². The van der Waals surface area contributed by atoms with Gasteiger partial charge in [0.15, 0.2) is 0 Å². The van der Waals surface area contributed by atoms with Gasteiger partial charge in [0.25, 0.3) is 0 Å². The third kappa shape index (κ3) is 4.74. The molecule has 30 heavy (non-hydrogen) atoms. The predicted molar refractivity (Wildman–Crippen MR) is 116 cm³/mol. The fourth-order valence-corrected chi connectivity index (χ4v) is 4.04. The van der Waals surface area contributed by atoms with E-state index in [9.17, 15) is 4.79 Å². The van der Waals surface area contributed by atoms with Crippen molar-refractivity contribution in [3.63, 3.8) is 0 Å². The highest BCUT2D eigenvalue weighted by Gasteiger charge is 2.23. The topological polar surface area (TPSA) is 57.9 Å². The molecule has 0 aliphatic carbocycles. The summed E-state index contributed by atoms with van der Waals surface area (Å²) >= 11 is 0. The van der Waals surface area contributed by atoms with Crippen LogP contribution in [0.2, 0.25) is 0 Å². The van der Waals surface area contributed by atoms with Gasteiger partial charge in [-0.2, -0.15) is 0 Å². The van der Waals surface area contributed by atoms with E-state index in [4.69, 9.17) is 18.6 Å². The van der Waals surface area contributed by atoms with Crippen molar-refractivity contribution in [1.29, 1.82) is 0 Å². The Bertz CT molecular complexity index is 1050. The molecular formula is C25H28O5. The smallest absolute Gasteiger partial charge is 0.336 e. The maximum absolute atomic E-state index is 11.9. The van der Waals surface area contributed by atoms with E-state index in [1.165, 1.54) is 0 Å². The lowest BCUT2D eigenvalue weighted by atomic mass is 9.98. The molecule has 2 heterocycles. The molecule has 2 atom stereocenters. The highest BCUT2D eigenvalue weighted by Crippen LogP contribution is 2.30. The molecule has 0 spiro atoms. The van der Waals surface area contributed by atoms with Gasteiger partial charge >= 0.3 is 5.63 Å². The van der Waals surface area contributed by atoms with Crippen LogP contribution >= 0.6 is 0 Å². The standard InChI is InChI=1S/C25H28O5/c1-3-5-18-13-25(26)30-24-15-21(8-9-22(18)24)29-16-17-6-4-7-19(12-17)23-14-20(27-2)10-11-28-23/h4,6-9,12-13,15,20,23H,3,5,10-11,14,16H2,1-2H3. The fourth-order valence-electron chi connectivity index (χ4n) is 4.04.